The Morgan fingerprint density at radius 3 is 2.42 bits per heavy atom. The summed E-state index contributed by atoms with van der Waals surface area (Å²) in [5.41, 5.74) is 0.817. The van der Waals surface area contributed by atoms with Crippen LogP contribution in [-0.4, -0.2) is 27.3 Å². The maximum Gasteiger partial charge on any atom is 0.222 e. The number of likely N-dealkylation sites (tertiary alicyclic amines) is 1. The van der Waals surface area contributed by atoms with Crippen LogP contribution in [0.25, 0.3) is 0 Å². The second-order valence-corrected chi connectivity index (χ2v) is 4.01. The number of rotatable bonds is 2. The zero-order valence-electron chi connectivity index (χ0n) is 12.5. The van der Waals surface area contributed by atoms with Crippen LogP contribution in [0.4, 0.5) is 0 Å². The highest BCUT2D eigenvalue weighted by Crippen LogP contribution is 2.18. The van der Waals surface area contributed by atoms with E-state index in [2.05, 4.69) is 9.97 Å². The molecule has 108 valence electrons. The van der Waals surface area contributed by atoms with Gasteiger partial charge in [0.15, 0.2) is 0 Å². The predicted octanol–water partition coefficient (Wildman–Crippen LogP) is 3.61. The summed E-state index contributed by atoms with van der Waals surface area (Å²) in [4.78, 5) is 21.3. The maximum absolute atomic E-state index is 11.4. The second kappa shape index (κ2) is 9.73. The van der Waals surface area contributed by atoms with Crippen molar-refractivity contribution in [3.63, 3.8) is 0 Å². The molecular formula is C14H24ClN3O. The van der Waals surface area contributed by atoms with E-state index in [1.807, 2.05) is 27.7 Å². The lowest BCUT2D eigenvalue weighted by Crippen LogP contribution is -2.24. The number of halogens is 1. The van der Waals surface area contributed by atoms with Crippen LogP contribution in [0.2, 0.25) is 5.15 Å². The van der Waals surface area contributed by atoms with Crippen molar-refractivity contribution in [2.45, 2.75) is 54.0 Å². The van der Waals surface area contributed by atoms with Gasteiger partial charge in [0.1, 0.15) is 11.0 Å². The molecular weight excluding hydrogens is 262 g/mol. The summed E-state index contributed by atoms with van der Waals surface area (Å²) in [6, 6.07) is 0. The molecule has 1 aromatic heterocycles. The van der Waals surface area contributed by atoms with Gasteiger partial charge in [0.25, 0.3) is 0 Å². The van der Waals surface area contributed by atoms with Gasteiger partial charge in [-0.3, -0.25) is 4.79 Å². The number of carbonyl (C=O) groups excluding carboxylic acids is 1. The molecule has 0 atom stereocenters. The Morgan fingerprint density at radius 1 is 1.32 bits per heavy atom. The average molecular weight is 286 g/mol. The number of aromatic nitrogens is 2. The predicted molar refractivity (Wildman–Crippen MR) is 79.1 cm³/mol. The van der Waals surface area contributed by atoms with E-state index in [1.54, 1.807) is 18.0 Å². The molecule has 2 heterocycles. The van der Waals surface area contributed by atoms with Crippen LogP contribution >= 0.6 is 11.6 Å². The Kier molecular flexibility index (Phi) is 9.13. The van der Waals surface area contributed by atoms with Gasteiger partial charge in [0, 0.05) is 24.7 Å². The van der Waals surface area contributed by atoms with Crippen molar-refractivity contribution in [3.8, 4) is 0 Å². The smallest absolute Gasteiger partial charge is 0.222 e. The first-order valence-corrected chi connectivity index (χ1v) is 7.30. The molecule has 1 aliphatic rings. The maximum atomic E-state index is 11.4. The number of nitrogens with zero attached hydrogens (tertiary/aromatic N) is 3. The molecule has 0 unspecified atom stereocenters. The van der Waals surface area contributed by atoms with Crippen LogP contribution in [0, 0.1) is 6.92 Å². The van der Waals surface area contributed by atoms with E-state index in [-0.39, 0.29) is 5.91 Å². The minimum atomic E-state index is 0.187. The minimum Gasteiger partial charge on any atom is -0.338 e. The third kappa shape index (κ3) is 5.55. The summed E-state index contributed by atoms with van der Waals surface area (Å²) < 4.78 is 0. The molecule has 4 nitrogen and oxygen atoms in total. The Bertz CT molecular complexity index is 396. The lowest BCUT2D eigenvalue weighted by atomic mass is 10.3. The summed E-state index contributed by atoms with van der Waals surface area (Å²) in [5.74, 6) is 0.836. The average Bonchev–Trinajstić information content (AvgIpc) is 2.83. The van der Waals surface area contributed by atoms with Crippen molar-refractivity contribution in [1.82, 2.24) is 14.9 Å². The van der Waals surface area contributed by atoms with Crippen LogP contribution in [0.5, 0.6) is 0 Å². The van der Waals surface area contributed by atoms with E-state index in [0.717, 1.165) is 18.5 Å². The second-order valence-electron chi connectivity index (χ2n) is 3.65. The molecule has 0 bridgehead atoms. The molecule has 0 spiro atoms. The van der Waals surface area contributed by atoms with E-state index < -0.39 is 0 Å². The van der Waals surface area contributed by atoms with Crippen LogP contribution in [-0.2, 0) is 11.3 Å². The SMILES string of the molecule is CC.CC.Cc1ncc(CN2CCCC2=O)c(Cl)n1. The van der Waals surface area contributed by atoms with Gasteiger partial charge in [-0.05, 0) is 13.3 Å². The van der Waals surface area contributed by atoms with Gasteiger partial charge in [0.2, 0.25) is 5.91 Å². The number of aryl methyl sites for hydroxylation is 1. The third-order valence-electron chi connectivity index (χ3n) is 2.46. The summed E-state index contributed by atoms with van der Waals surface area (Å²) in [6.45, 7) is 11.1. The molecule has 1 aliphatic heterocycles. The Morgan fingerprint density at radius 2 is 1.95 bits per heavy atom. The standard InChI is InChI=1S/C10H12ClN3O.2C2H6/c1-7-12-5-8(10(11)13-7)6-14-4-2-3-9(14)15;2*1-2/h5H,2-4,6H2,1H3;2*1-2H3. The van der Waals surface area contributed by atoms with E-state index in [9.17, 15) is 4.79 Å². The molecule has 1 aromatic rings. The molecule has 0 aromatic carbocycles. The van der Waals surface area contributed by atoms with Gasteiger partial charge in [0.05, 0.1) is 6.54 Å². The van der Waals surface area contributed by atoms with Crippen LogP contribution in [0.15, 0.2) is 6.20 Å². The first-order chi connectivity index (χ1) is 9.16. The lowest BCUT2D eigenvalue weighted by molar-refractivity contribution is -0.128. The zero-order chi connectivity index (χ0) is 14.8. The fraction of sp³-hybridized carbons (Fsp3) is 0.643. The van der Waals surface area contributed by atoms with Crippen molar-refractivity contribution in [2.75, 3.05) is 6.54 Å². The van der Waals surface area contributed by atoms with Crippen molar-refractivity contribution >= 4 is 17.5 Å². The van der Waals surface area contributed by atoms with E-state index in [4.69, 9.17) is 11.6 Å². The Hall–Kier alpha value is -1.16. The molecule has 1 fully saturated rings. The Labute approximate surface area is 121 Å². The number of hydrogen-bond acceptors (Lipinski definition) is 3. The van der Waals surface area contributed by atoms with Crippen LogP contribution in [0.1, 0.15) is 51.9 Å². The van der Waals surface area contributed by atoms with Gasteiger partial charge in [-0.25, -0.2) is 9.97 Å². The van der Waals surface area contributed by atoms with Gasteiger partial charge in [-0.15, -0.1) is 0 Å². The highest BCUT2D eigenvalue weighted by Gasteiger charge is 2.21. The van der Waals surface area contributed by atoms with Gasteiger partial charge in [-0.2, -0.15) is 0 Å². The van der Waals surface area contributed by atoms with Crippen molar-refractivity contribution in [3.05, 3.63) is 22.7 Å². The number of hydrogen-bond donors (Lipinski definition) is 0. The quantitative estimate of drug-likeness (QED) is 0.780. The lowest BCUT2D eigenvalue weighted by Gasteiger charge is -2.15. The van der Waals surface area contributed by atoms with Crippen LogP contribution in [0.3, 0.4) is 0 Å². The zero-order valence-corrected chi connectivity index (χ0v) is 13.3. The largest absolute Gasteiger partial charge is 0.338 e. The number of carbonyl (C=O) groups is 1. The van der Waals surface area contributed by atoms with E-state index in [1.165, 1.54) is 0 Å². The first kappa shape index (κ1) is 17.8. The van der Waals surface area contributed by atoms with E-state index >= 15 is 0 Å². The van der Waals surface area contributed by atoms with Crippen molar-refractivity contribution < 1.29 is 4.79 Å². The summed E-state index contributed by atoms with van der Waals surface area (Å²) >= 11 is 5.97. The molecule has 0 N–H and O–H groups in total. The molecule has 0 saturated carbocycles. The molecule has 0 aliphatic carbocycles. The molecule has 5 heteroatoms. The highest BCUT2D eigenvalue weighted by molar-refractivity contribution is 6.30. The Balaban J connectivity index is 0.000000741. The van der Waals surface area contributed by atoms with Crippen molar-refractivity contribution in [2.24, 2.45) is 0 Å². The summed E-state index contributed by atoms with van der Waals surface area (Å²) in [7, 11) is 0. The van der Waals surface area contributed by atoms with E-state index in [0.29, 0.717) is 23.9 Å². The molecule has 1 saturated heterocycles. The first-order valence-electron chi connectivity index (χ1n) is 6.92. The van der Waals surface area contributed by atoms with Gasteiger partial charge < -0.3 is 4.90 Å². The van der Waals surface area contributed by atoms with Crippen molar-refractivity contribution in [1.29, 1.82) is 0 Å². The highest BCUT2D eigenvalue weighted by atomic mass is 35.5. The topological polar surface area (TPSA) is 46.1 Å². The normalized spacial score (nSPS) is 13.4. The fourth-order valence-corrected chi connectivity index (χ4v) is 1.88. The monoisotopic (exact) mass is 285 g/mol. The minimum absolute atomic E-state index is 0.187. The molecule has 19 heavy (non-hydrogen) atoms. The molecule has 1 amide bonds. The van der Waals surface area contributed by atoms with Gasteiger partial charge >= 0.3 is 0 Å². The van der Waals surface area contributed by atoms with Gasteiger partial charge in [-0.1, -0.05) is 39.3 Å². The van der Waals surface area contributed by atoms with Crippen LogP contribution < -0.4 is 0 Å². The summed E-state index contributed by atoms with van der Waals surface area (Å²) in [5, 5.41) is 0.446. The fourth-order valence-electron chi connectivity index (χ4n) is 1.65. The third-order valence-corrected chi connectivity index (χ3v) is 2.79. The molecule has 2 rings (SSSR count). The number of amides is 1. The summed E-state index contributed by atoms with van der Waals surface area (Å²) in [6.07, 6.45) is 3.27. The molecule has 0 radical (unpaired) electrons.